The van der Waals surface area contributed by atoms with Gasteiger partial charge in [0.05, 0.1) is 25.6 Å². The van der Waals surface area contributed by atoms with E-state index in [1.165, 1.54) is 14.0 Å². The number of methoxy groups -OCH3 is 1. The third-order valence-corrected chi connectivity index (χ3v) is 5.33. The highest BCUT2D eigenvalue weighted by atomic mass is 32.2. The minimum atomic E-state index is -3.68. The van der Waals surface area contributed by atoms with Crippen LogP contribution in [0.5, 0.6) is 11.5 Å². The minimum Gasteiger partial charge on any atom is -0.497 e. The van der Waals surface area contributed by atoms with Crippen LogP contribution in [-0.2, 0) is 14.8 Å². The Kier molecular flexibility index (Phi) is 7.28. The fourth-order valence-corrected chi connectivity index (χ4v) is 3.85. The van der Waals surface area contributed by atoms with Crippen LogP contribution in [0.2, 0.25) is 0 Å². The van der Waals surface area contributed by atoms with Crippen molar-refractivity contribution in [3.05, 3.63) is 54.1 Å². The number of benzene rings is 2. The molecule has 1 atom stereocenters. The standard InChI is InChI=1S/C20H26N2O5S/c1-15-8-10-18(11-9-15)27-13-12-21-20(23)16(2)22(28(4,24)25)17-6-5-7-19(14-17)26-3/h5-11,14,16H,12-13H2,1-4H3,(H,21,23)/t16-/m1/s1. The summed E-state index contributed by atoms with van der Waals surface area (Å²) in [6.45, 7) is 4.06. The maximum Gasteiger partial charge on any atom is 0.243 e. The van der Waals surface area contributed by atoms with Crippen LogP contribution in [0.4, 0.5) is 5.69 Å². The van der Waals surface area contributed by atoms with Crippen LogP contribution >= 0.6 is 0 Å². The number of nitrogens with one attached hydrogen (secondary N) is 1. The number of hydrogen-bond acceptors (Lipinski definition) is 5. The van der Waals surface area contributed by atoms with Gasteiger partial charge in [-0.1, -0.05) is 23.8 Å². The number of rotatable bonds is 9. The van der Waals surface area contributed by atoms with Crippen molar-refractivity contribution >= 4 is 21.6 Å². The third kappa shape index (κ3) is 5.88. The van der Waals surface area contributed by atoms with Crippen molar-refractivity contribution in [2.75, 3.05) is 30.8 Å². The van der Waals surface area contributed by atoms with Crippen molar-refractivity contribution in [3.8, 4) is 11.5 Å². The second-order valence-electron chi connectivity index (χ2n) is 6.39. The summed E-state index contributed by atoms with van der Waals surface area (Å²) in [6, 6.07) is 13.2. The molecule has 0 heterocycles. The Hall–Kier alpha value is -2.74. The number of carbonyl (C=O) groups is 1. The highest BCUT2D eigenvalue weighted by Gasteiger charge is 2.29. The molecule has 0 radical (unpaired) electrons. The largest absolute Gasteiger partial charge is 0.497 e. The van der Waals surface area contributed by atoms with Gasteiger partial charge < -0.3 is 14.8 Å². The zero-order chi connectivity index (χ0) is 20.7. The molecule has 0 aromatic heterocycles. The molecule has 28 heavy (non-hydrogen) atoms. The van der Waals surface area contributed by atoms with Crippen molar-refractivity contribution in [2.24, 2.45) is 0 Å². The molecule has 1 N–H and O–H groups in total. The first kappa shape index (κ1) is 21.6. The van der Waals surface area contributed by atoms with Crippen molar-refractivity contribution in [2.45, 2.75) is 19.9 Å². The number of nitrogens with zero attached hydrogens (tertiary/aromatic N) is 1. The van der Waals surface area contributed by atoms with Gasteiger partial charge in [0, 0.05) is 6.07 Å². The summed E-state index contributed by atoms with van der Waals surface area (Å²) in [6.07, 6.45) is 1.07. The number of anilines is 1. The van der Waals surface area contributed by atoms with Gasteiger partial charge >= 0.3 is 0 Å². The highest BCUT2D eigenvalue weighted by Crippen LogP contribution is 2.25. The van der Waals surface area contributed by atoms with Crippen molar-refractivity contribution in [1.82, 2.24) is 5.32 Å². The maximum absolute atomic E-state index is 12.5. The number of sulfonamides is 1. The highest BCUT2D eigenvalue weighted by molar-refractivity contribution is 7.92. The molecule has 0 aliphatic carbocycles. The van der Waals surface area contributed by atoms with Crippen LogP contribution in [0.3, 0.4) is 0 Å². The molecule has 0 saturated heterocycles. The first-order chi connectivity index (χ1) is 13.2. The zero-order valence-electron chi connectivity index (χ0n) is 16.5. The SMILES string of the molecule is COc1cccc(N([C@H](C)C(=O)NCCOc2ccc(C)cc2)S(C)(=O)=O)c1. The van der Waals surface area contributed by atoms with Crippen LogP contribution in [0.15, 0.2) is 48.5 Å². The van der Waals surface area contributed by atoms with Crippen LogP contribution in [0.25, 0.3) is 0 Å². The van der Waals surface area contributed by atoms with Gasteiger partial charge in [-0.3, -0.25) is 9.10 Å². The molecule has 2 aromatic rings. The number of hydrogen-bond donors (Lipinski definition) is 1. The van der Waals surface area contributed by atoms with Crippen LogP contribution < -0.4 is 19.1 Å². The molecule has 0 aliphatic rings. The molecule has 0 spiro atoms. The molecule has 0 saturated carbocycles. The van der Waals surface area contributed by atoms with E-state index < -0.39 is 22.0 Å². The van der Waals surface area contributed by atoms with Gasteiger partial charge in [0.25, 0.3) is 0 Å². The summed E-state index contributed by atoms with van der Waals surface area (Å²) in [7, 11) is -2.19. The molecule has 0 fully saturated rings. The average Bonchev–Trinajstić information content (AvgIpc) is 2.65. The van der Waals surface area contributed by atoms with Gasteiger partial charge in [0.2, 0.25) is 15.9 Å². The summed E-state index contributed by atoms with van der Waals surface area (Å²) >= 11 is 0. The average molecular weight is 407 g/mol. The Morgan fingerprint density at radius 2 is 1.82 bits per heavy atom. The lowest BCUT2D eigenvalue weighted by atomic mass is 10.2. The Bertz CT molecular complexity index is 897. The number of aryl methyl sites for hydroxylation is 1. The van der Waals surface area contributed by atoms with Crippen LogP contribution in [-0.4, -0.2) is 46.9 Å². The van der Waals surface area contributed by atoms with E-state index in [1.807, 2.05) is 31.2 Å². The predicted octanol–water partition coefficient (Wildman–Crippen LogP) is 2.35. The summed E-state index contributed by atoms with van der Waals surface area (Å²) in [4.78, 5) is 12.5. The third-order valence-electron chi connectivity index (χ3n) is 4.09. The zero-order valence-corrected chi connectivity index (χ0v) is 17.3. The number of amides is 1. The lowest BCUT2D eigenvalue weighted by molar-refractivity contribution is -0.121. The quantitative estimate of drug-likeness (QED) is 0.646. The molecule has 0 bridgehead atoms. The van der Waals surface area contributed by atoms with E-state index in [1.54, 1.807) is 24.3 Å². The summed E-state index contributed by atoms with van der Waals surface area (Å²) < 4.78 is 36.4. The Labute approximate surface area is 166 Å². The molecule has 0 unspecified atom stereocenters. The molecule has 1 amide bonds. The molecule has 152 valence electrons. The number of ether oxygens (including phenoxy) is 2. The fraction of sp³-hybridized carbons (Fsp3) is 0.350. The van der Waals surface area contributed by atoms with E-state index >= 15 is 0 Å². The van der Waals surface area contributed by atoms with Gasteiger partial charge in [-0.25, -0.2) is 8.42 Å². The molecule has 0 aliphatic heterocycles. The Morgan fingerprint density at radius 1 is 1.14 bits per heavy atom. The van der Waals surface area contributed by atoms with Crippen LogP contribution in [0.1, 0.15) is 12.5 Å². The van der Waals surface area contributed by atoms with E-state index in [0.29, 0.717) is 17.2 Å². The second-order valence-corrected chi connectivity index (χ2v) is 8.25. The summed E-state index contributed by atoms with van der Waals surface area (Å²) in [5, 5.41) is 2.71. The summed E-state index contributed by atoms with van der Waals surface area (Å²) in [5.74, 6) is 0.799. The minimum absolute atomic E-state index is 0.257. The smallest absolute Gasteiger partial charge is 0.243 e. The van der Waals surface area contributed by atoms with Crippen molar-refractivity contribution in [3.63, 3.8) is 0 Å². The Morgan fingerprint density at radius 3 is 2.43 bits per heavy atom. The lowest BCUT2D eigenvalue weighted by Gasteiger charge is -2.28. The molecule has 8 heteroatoms. The van der Waals surface area contributed by atoms with E-state index in [2.05, 4.69) is 5.32 Å². The second kappa shape index (κ2) is 9.45. The summed E-state index contributed by atoms with van der Waals surface area (Å²) in [5.41, 5.74) is 1.49. The first-order valence-corrected chi connectivity index (χ1v) is 10.7. The predicted molar refractivity (Wildman–Crippen MR) is 109 cm³/mol. The molecular weight excluding hydrogens is 380 g/mol. The van der Waals surface area contributed by atoms with E-state index in [4.69, 9.17) is 9.47 Å². The fourth-order valence-electron chi connectivity index (χ4n) is 2.68. The van der Waals surface area contributed by atoms with Crippen molar-refractivity contribution < 1.29 is 22.7 Å². The van der Waals surface area contributed by atoms with E-state index in [-0.39, 0.29) is 13.2 Å². The molecule has 2 aromatic carbocycles. The molecular formula is C20H26N2O5S. The van der Waals surface area contributed by atoms with E-state index in [9.17, 15) is 13.2 Å². The van der Waals surface area contributed by atoms with Gasteiger partial charge in [-0.2, -0.15) is 0 Å². The van der Waals surface area contributed by atoms with Crippen molar-refractivity contribution in [1.29, 1.82) is 0 Å². The lowest BCUT2D eigenvalue weighted by Crippen LogP contribution is -2.48. The first-order valence-electron chi connectivity index (χ1n) is 8.83. The molecule has 7 nitrogen and oxygen atoms in total. The van der Waals surface area contributed by atoms with Gasteiger partial charge in [-0.05, 0) is 38.1 Å². The Balaban J connectivity index is 2.00. The number of carbonyl (C=O) groups excluding carboxylic acids is 1. The van der Waals surface area contributed by atoms with Gasteiger partial charge in [0.1, 0.15) is 24.1 Å². The molecule has 2 rings (SSSR count). The van der Waals surface area contributed by atoms with Gasteiger partial charge in [0.15, 0.2) is 0 Å². The van der Waals surface area contributed by atoms with E-state index in [0.717, 1.165) is 16.1 Å². The maximum atomic E-state index is 12.5. The topological polar surface area (TPSA) is 84.9 Å². The monoisotopic (exact) mass is 406 g/mol. The van der Waals surface area contributed by atoms with Crippen LogP contribution in [0, 0.1) is 6.92 Å². The van der Waals surface area contributed by atoms with Gasteiger partial charge in [-0.15, -0.1) is 0 Å². The normalized spacial score (nSPS) is 12.1.